The van der Waals surface area contributed by atoms with Crippen molar-refractivity contribution in [3.8, 4) is 10.6 Å². The highest BCUT2D eigenvalue weighted by Crippen LogP contribution is 2.31. The molecule has 0 aliphatic carbocycles. The number of aldehydes is 1. The molecule has 0 N–H and O–H groups in total. The van der Waals surface area contributed by atoms with Crippen LogP contribution in [0.25, 0.3) is 10.6 Å². The Morgan fingerprint density at radius 1 is 1.38 bits per heavy atom. The van der Waals surface area contributed by atoms with Crippen LogP contribution in [0.4, 0.5) is 0 Å². The van der Waals surface area contributed by atoms with Gasteiger partial charge in [-0.1, -0.05) is 31.2 Å². The van der Waals surface area contributed by atoms with Crippen molar-refractivity contribution < 1.29 is 9.59 Å². The Morgan fingerprint density at radius 2 is 2.17 bits per heavy atom. The Kier molecular flexibility index (Phi) is 5.09. The highest BCUT2D eigenvalue weighted by atomic mass is 32.1. The third-order valence-electron chi connectivity index (χ3n) is 4.67. The average Bonchev–Trinajstić information content (AvgIpc) is 3.11. The van der Waals surface area contributed by atoms with Crippen molar-refractivity contribution in [3.63, 3.8) is 0 Å². The fraction of sp³-hybridized carbons (Fsp3) is 0.421. The van der Waals surface area contributed by atoms with E-state index in [1.54, 1.807) is 0 Å². The molecule has 0 bridgehead atoms. The summed E-state index contributed by atoms with van der Waals surface area (Å²) in [5.41, 5.74) is 2.40. The molecular weight excluding hydrogens is 320 g/mol. The van der Waals surface area contributed by atoms with E-state index in [0.717, 1.165) is 41.8 Å². The van der Waals surface area contributed by atoms with Crippen LogP contribution in [-0.4, -0.2) is 34.7 Å². The van der Waals surface area contributed by atoms with Gasteiger partial charge in [0, 0.05) is 29.4 Å². The third-order valence-corrected chi connectivity index (χ3v) is 5.55. The minimum Gasteiger partial charge on any atom is -0.335 e. The van der Waals surface area contributed by atoms with Crippen LogP contribution in [0.5, 0.6) is 0 Å². The first kappa shape index (κ1) is 16.8. The fourth-order valence-electron chi connectivity index (χ4n) is 3.20. The molecule has 5 heteroatoms. The lowest BCUT2D eigenvalue weighted by Crippen LogP contribution is -2.42. The van der Waals surface area contributed by atoms with E-state index in [9.17, 15) is 9.59 Å². The van der Waals surface area contributed by atoms with Crippen molar-refractivity contribution in [1.29, 1.82) is 0 Å². The van der Waals surface area contributed by atoms with E-state index in [1.807, 2.05) is 41.5 Å². The van der Waals surface area contributed by atoms with Crippen molar-refractivity contribution in [3.05, 3.63) is 40.9 Å². The molecular formula is C19H22N2O2S. The molecule has 1 aliphatic rings. The highest BCUT2D eigenvalue weighted by Gasteiger charge is 2.26. The van der Waals surface area contributed by atoms with E-state index >= 15 is 0 Å². The van der Waals surface area contributed by atoms with E-state index in [0.29, 0.717) is 5.69 Å². The van der Waals surface area contributed by atoms with Crippen LogP contribution in [0.2, 0.25) is 0 Å². The lowest BCUT2D eigenvalue weighted by molar-refractivity contribution is -0.108. The van der Waals surface area contributed by atoms with Crippen LogP contribution in [0.15, 0.2) is 29.6 Å². The van der Waals surface area contributed by atoms with Crippen LogP contribution < -0.4 is 0 Å². The molecule has 24 heavy (non-hydrogen) atoms. The standard InChI is InChI=1S/C19H22N2O2S/c1-13(11-22)15-8-3-4-9-16(15)18-20-17(12-24-18)19(23)21-10-6-5-7-14(21)2/h3-4,8-9,11-14H,5-7,10H2,1-2H3. The number of piperidine rings is 1. The summed E-state index contributed by atoms with van der Waals surface area (Å²) < 4.78 is 0. The van der Waals surface area contributed by atoms with Gasteiger partial charge in [-0.25, -0.2) is 4.98 Å². The largest absolute Gasteiger partial charge is 0.335 e. The van der Waals surface area contributed by atoms with Gasteiger partial charge in [0.1, 0.15) is 17.0 Å². The van der Waals surface area contributed by atoms with Gasteiger partial charge in [0.2, 0.25) is 0 Å². The molecule has 1 amide bonds. The molecule has 2 heterocycles. The van der Waals surface area contributed by atoms with Gasteiger partial charge in [-0.2, -0.15) is 0 Å². The van der Waals surface area contributed by atoms with Gasteiger partial charge in [-0.3, -0.25) is 4.79 Å². The summed E-state index contributed by atoms with van der Waals surface area (Å²) >= 11 is 1.46. The number of hydrogen-bond donors (Lipinski definition) is 0. The first-order chi connectivity index (χ1) is 11.6. The van der Waals surface area contributed by atoms with Gasteiger partial charge < -0.3 is 9.69 Å². The third kappa shape index (κ3) is 3.26. The Labute approximate surface area is 146 Å². The molecule has 2 atom stereocenters. The van der Waals surface area contributed by atoms with Crippen LogP contribution in [0.3, 0.4) is 0 Å². The molecule has 3 rings (SSSR count). The molecule has 1 fully saturated rings. The average molecular weight is 342 g/mol. The van der Waals surface area contributed by atoms with E-state index in [2.05, 4.69) is 11.9 Å². The zero-order valence-electron chi connectivity index (χ0n) is 14.1. The Hall–Kier alpha value is -2.01. The zero-order chi connectivity index (χ0) is 17.1. The molecule has 1 aliphatic heterocycles. The number of likely N-dealkylation sites (tertiary alicyclic amines) is 1. The van der Waals surface area contributed by atoms with Crippen LogP contribution in [-0.2, 0) is 4.79 Å². The molecule has 1 aromatic heterocycles. The first-order valence-electron chi connectivity index (χ1n) is 8.43. The zero-order valence-corrected chi connectivity index (χ0v) is 14.9. The number of aromatic nitrogens is 1. The summed E-state index contributed by atoms with van der Waals surface area (Å²) in [6.07, 6.45) is 4.24. The van der Waals surface area contributed by atoms with Crippen molar-refractivity contribution in [2.24, 2.45) is 0 Å². The fourth-order valence-corrected chi connectivity index (χ4v) is 4.05. The smallest absolute Gasteiger partial charge is 0.273 e. The molecule has 0 spiro atoms. The number of amides is 1. The maximum absolute atomic E-state index is 12.7. The normalized spacial score (nSPS) is 19.1. The van der Waals surface area contributed by atoms with Crippen molar-refractivity contribution in [2.75, 3.05) is 6.54 Å². The van der Waals surface area contributed by atoms with Gasteiger partial charge in [-0.15, -0.1) is 11.3 Å². The highest BCUT2D eigenvalue weighted by molar-refractivity contribution is 7.13. The van der Waals surface area contributed by atoms with E-state index in [1.165, 1.54) is 17.8 Å². The van der Waals surface area contributed by atoms with Gasteiger partial charge in [0.15, 0.2) is 0 Å². The second-order valence-corrected chi connectivity index (χ2v) is 7.25. The molecule has 0 radical (unpaired) electrons. The lowest BCUT2D eigenvalue weighted by Gasteiger charge is -2.32. The number of hydrogen-bond acceptors (Lipinski definition) is 4. The minimum absolute atomic E-state index is 0.0191. The molecule has 0 saturated carbocycles. The van der Waals surface area contributed by atoms with Crippen molar-refractivity contribution in [1.82, 2.24) is 9.88 Å². The van der Waals surface area contributed by atoms with Gasteiger partial charge in [0.05, 0.1) is 0 Å². The number of thiazole rings is 1. The molecule has 2 unspecified atom stereocenters. The van der Waals surface area contributed by atoms with Crippen LogP contribution >= 0.6 is 11.3 Å². The van der Waals surface area contributed by atoms with E-state index in [-0.39, 0.29) is 17.9 Å². The van der Waals surface area contributed by atoms with Gasteiger partial charge in [-0.05, 0) is 31.7 Å². The maximum Gasteiger partial charge on any atom is 0.273 e. The number of carbonyl (C=O) groups is 2. The summed E-state index contributed by atoms with van der Waals surface area (Å²) in [4.78, 5) is 30.4. The number of carbonyl (C=O) groups excluding carboxylic acids is 2. The van der Waals surface area contributed by atoms with E-state index in [4.69, 9.17) is 0 Å². The number of nitrogens with zero attached hydrogens (tertiary/aromatic N) is 2. The quantitative estimate of drug-likeness (QED) is 0.785. The number of benzene rings is 1. The monoisotopic (exact) mass is 342 g/mol. The predicted octanol–water partition coefficient (Wildman–Crippen LogP) is 4.13. The summed E-state index contributed by atoms with van der Waals surface area (Å²) in [7, 11) is 0. The predicted molar refractivity (Wildman–Crippen MR) is 96.4 cm³/mol. The SMILES string of the molecule is CC(C=O)c1ccccc1-c1nc(C(=O)N2CCCCC2C)cs1. The summed E-state index contributed by atoms with van der Waals surface area (Å²) in [5, 5.41) is 2.63. The van der Waals surface area contributed by atoms with Crippen LogP contribution in [0, 0.1) is 0 Å². The van der Waals surface area contributed by atoms with Gasteiger partial charge >= 0.3 is 0 Å². The first-order valence-corrected chi connectivity index (χ1v) is 9.31. The minimum atomic E-state index is -0.189. The van der Waals surface area contributed by atoms with E-state index < -0.39 is 0 Å². The Morgan fingerprint density at radius 3 is 2.92 bits per heavy atom. The lowest BCUT2D eigenvalue weighted by atomic mass is 9.97. The molecule has 1 aromatic carbocycles. The molecule has 126 valence electrons. The van der Waals surface area contributed by atoms with Gasteiger partial charge in [0.25, 0.3) is 5.91 Å². The molecule has 4 nitrogen and oxygen atoms in total. The maximum atomic E-state index is 12.7. The van der Waals surface area contributed by atoms with Crippen LogP contribution in [0.1, 0.15) is 55.1 Å². The topological polar surface area (TPSA) is 50.3 Å². The second kappa shape index (κ2) is 7.26. The Bertz CT molecular complexity index is 740. The second-order valence-electron chi connectivity index (χ2n) is 6.39. The number of rotatable bonds is 4. The molecule has 2 aromatic rings. The summed E-state index contributed by atoms with van der Waals surface area (Å²) in [6, 6.07) is 8.05. The summed E-state index contributed by atoms with van der Waals surface area (Å²) in [6.45, 7) is 4.79. The summed E-state index contributed by atoms with van der Waals surface area (Å²) in [5.74, 6) is -0.169. The Balaban J connectivity index is 1.89. The van der Waals surface area contributed by atoms with Crippen molar-refractivity contribution >= 4 is 23.5 Å². The van der Waals surface area contributed by atoms with Crippen molar-refractivity contribution in [2.45, 2.75) is 45.1 Å². The molecule has 1 saturated heterocycles.